The van der Waals surface area contributed by atoms with Gasteiger partial charge in [-0.15, -0.1) is 0 Å². The van der Waals surface area contributed by atoms with Crippen molar-refractivity contribution in [1.82, 2.24) is 19.7 Å². The fourth-order valence-corrected chi connectivity index (χ4v) is 5.47. The molecule has 1 saturated carbocycles. The molecule has 1 aliphatic rings. The van der Waals surface area contributed by atoms with Crippen molar-refractivity contribution in [2.75, 3.05) is 11.9 Å². The Balaban J connectivity index is 1.49. The number of carbonyl (C=O) groups is 1. The third kappa shape index (κ3) is 5.37. The van der Waals surface area contributed by atoms with Gasteiger partial charge in [0.1, 0.15) is 17.8 Å². The maximum Gasteiger partial charge on any atom is 0.218 e. The minimum Gasteiger partial charge on any atom is -0.396 e. The predicted octanol–water partition coefficient (Wildman–Crippen LogP) is 2.04. The van der Waals surface area contributed by atoms with Crippen molar-refractivity contribution in [1.29, 1.82) is 0 Å². The maximum absolute atomic E-state index is 13.2. The summed E-state index contributed by atoms with van der Waals surface area (Å²) in [5.41, 5.74) is 1.82. The van der Waals surface area contributed by atoms with Crippen molar-refractivity contribution in [2.24, 2.45) is 5.92 Å². The number of nitrogens with zero attached hydrogens (tertiary/aromatic N) is 4. The average molecular weight is 466 g/mol. The van der Waals surface area contributed by atoms with Gasteiger partial charge in [0.25, 0.3) is 0 Å². The highest BCUT2D eigenvalue weighted by Crippen LogP contribution is 2.29. The summed E-state index contributed by atoms with van der Waals surface area (Å²) in [4.78, 5) is 21.5. The number of hydrogen-bond acceptors (Lipinski definition) is 7. The Hall–Kier alpha value is -2.88. The molecular formula is C24H31N5O3Si. The second-order valence-electron chi connectivity index (χ2n) is 9.79. The van der Waals surface area contributed by atoms with Gasteiger partial charge in [0.15, 0.2) is 0 Å². The van der Waals surface area contributed by atoms with Crippen molar-refractivity contribution in [2.45, 2.75) is 51.2 Å². The lowest BCUT2D eigenvalue weighted by atomic mass is 10.1. The summed E-state index contributed by atoms with van der Waals surface area (Å²) in [6.45, 7) is 7.49. The van der Waals surface area contributed by atoms with Crippen LogP contribution in [-0.2, 0) is 6.54 Å². The van der Waals surface area contributed by atoms with Crippen molar-refractivity contribution >= 4 is 24.9 Å². The summed E-state index contributed by atoms with van der Waals surface area (Å²) in [6, 6.07) is 10.2. The van der Waals surface area contributed by atoms with Gasteiger partial charge in [-0.1, -0.05) is 49.1 Å². The van der Waals surface area contributed by atoms with E-state index in [2.05, 4.69) is 64.3 Å². The number of aromatic nitrogens is 4. The van der Waals surface area contributed by atoms with Crippen LogP contribution < -0.4 is 10.5 Å². The van der Waals surface area contributed by atoms with Crippen LogP contribution in [0.3, 0.4) is 0 Å². The first-order valence-electron chi connectivity index (χ1n) is 11.3. The summed E-state index contributed by atoms with van der Waals surface area (Å²) in [5.74, 6) is -0.00762. The largest absolute Gasteiger partial charge is 0.396 e. The highest BCUT2D eigenvalue weighted by molar-refractivity contribution is 6.88. The van der Waals surface area contributed by atoms with E-state index in [0.29, 0.717) is 36.5 Å². The summed E-state index contributed by atoms with van der Waals surface area (Å²) in [6.07, 6.45) is 5.23. The molecule has 0 spiro atoms. The molecule has 4 rings (SSSR count). The number of benzene rings is 1. The van der Waals surface area contributed by atoms with E-state index in [-0.39, 0.29) is 24.3 Å². The second-order valence-corrected chi connectivity index (χ2v) is 14.9. The van der Waals surface area contributed by atoms with Crippen LogP contribution in [0.2, 0.25) is 19.6 Å². The van der Waals surface area contributed by atoms with E-state index in [0.717, 1.165) is 5.56 Å². The molecule has 3 N–H and O–H groups in total. The van der Waals surface area contributed by atoms with E-state index in [1.54, 1.807) is 10.7 Å². The Morgan fingerprint density at radius 1 is 1.24 bits per heavy atom. The lowest BCUT2D eigenvalue weighted by molar-refractivity contribution is 0.0908. The van der Waals surface area contributed by atoms with E-state index >= 15 is 0 Å². The molecule has 2 aromatic heterocycles. The van der Waals surface area contributed by atoms with Crippen LogP contribution in [0.1, 0.15) is 34.5 Å². The Kier molecular flexibility index (Phi) is 6.73. The Morgan fingerprint density at radius 2 is 2.06 bits per heavy atom. The zero-order chi connectivity index (χ0) is 23.6. The van der Waals surface area contributed by atoms with E-state index < -0.39 is 14.2 Å². The molecule has 0 saturated heterocycles. The van der Waals surface area contributed by atoms with Crippen LogP contribution in [0.15, 0.2) is 49.1 Å². The van der Waals surface area contributed by atoms with E-state index in [9.17, 15) is 15.0 Å². The van der Waals surface area contributed by atoms with E-state index in [4.69, 9.17) is 0 Å². The molecule has 0 unspecified atom stereocenters. The van der Waals surface area contributed by atoms with Crippen molar-refractivity contribution in [3.05, 3.63) is 65.9 Å². The molecule has 1 aromatic carbocycles. The first-order valence-corrected chi connectivity index (χ1v) is 14.8. The SMILES string of the molecule is C[Si](C)(C)c1cccc(Cn2ccc(C(=O)c3cncnc3N[C@@H]3C[C@H](CO)[C@@H](O)C3)n2)c1. The number of rotatable bonds is 8. The van der Waals surface area contributed by atoms with Gasteiger partial charge in [-0.05, 0) is 24.5 Å². The molecule has 1 fully saturated rings. The Labute approximate surface area is 194 Å². The number of carbonyl (C=O) groups excluding carboxylic acids is 1. The fraction of sp³-hybridized carbons (Fsp3) is 0.417. The molecule has 3 aromatic rings. The van der Waals surface area contributed by atoms with Gasteiger partial charge < -0.3 is 15.5 Å². The van der Waals surface area contributed by atoms with Crippen molar-refractivity contribution in [3.8, 4) is 0 Å². The van der Waals surface area contributed by atoms with Gasteiger partial charge in [0.05, 0.1) is 26.3 Å². The number of aliphatic hydroxyl groups is 2. The summed E-state index contributed by atoms with van der Waals surface area (Å²) in [7, 11) is -1.41. The molecule has 0 bridgehead atoms. The summed E-state index contributed by atoms with van der Waals surface area (Å²) in [5, 5.41) is 28.6. The molecule has 2 heterocycles. The molecular weight excluding hydrogens is 434 g/mol. The van der Waals surface area contributed by atoms with Gasteiger partial charge in [0.2, 0.25) is 5.78 Å². The minimum atomic E-state index is -1.41. The van der Waals surface area contributed by atoms with Crippen LogP contribution in [0.5, 0.6) is 0 Å². The number of anilines is 1. The zero-order valence-electron chi connectivity index (χ0n) is 19.3. The Morgan fingerprint density at radius 3 is 2.79 bits per heavy atom. The Bertz CT molecular complexity index is 1130. The summed E-state index contributed by atoms with van der Waals surface area (Å²) >= 11 is 0. The van der Waals surface area contributed by atoms with Gasteiger partial charge in [-0.2, -0.15) is 5.10 Å². The lowest BCUT2D eigenvalue weighted by Crippen LogP contribution is -2.37. The van der Waals surface area contributed by atoms with Crippen LogP contribution in [0, 0.1) is 5.92 Å². The van der Waals surface area contributed by atoms with Crippen LogP contribution in [0.4, 0.5) is 5.82 Å². The molecule has 0 aliphatic heterocycles. The highest BCUT2D eigenvalue weighted by atomic mass is 28.3. The standard InChI is InChI=1S/C24H31N5O3Si/c1-33(2,3)19-6-4-5-16(9-19)13-29-8-7-21(28-29)23(32)20-12-25-15-26-24(20)27-18-10-17(14-30)22(31)11-18/h4-9,12,15,17-18,22,30-31H,10-11,13-14H2,1-3H3,(H,25,26,27)/t17-,18-,22+/m1/s1. The number of aliphatic hydroxyl groups excluding tert-OH is 2. The number of ketones is 1. The monoisotopic (exact) mass is 465 g/mol. The zero-order valence-corrected chi connectivity index (χ0v) is 20.3. The molecule has 1 aliphatic carbocycles. The first-order chi connectivity index (χ1) is 15.7. The quantitative estimate of drug-likeness (QED) is 0.345. The minimum absolute atomic E-state index is 0.0623. The van der Waals surface area contributed by atoms with Crippen molar-refractivity contribution < 1.29 is 15.0 Å². The summed E-state index contributed by atoms with van der Waals surface area (Å²) < 4.78 is 1.77. The molecule has 3 atom stereocenters. The lowest BCUT2D eigenvalue weighted by Gasteiger charge is -2.17. The third-order valence-electron chi connectivity index (χ3n) is 6.20. The number of nitrogens with one attached hydrogen (secondary N) is 1. The normalized spacial score (nSPS) is 20.7. The topological polar surface area (TPSA) is 113 Å². The fourth-order valence-electron chi connectivity index (χ4n) is 4.25. The first kappa shape index (κ1) is 23.3. The maximum atomic E-state index is 13.2. The van der Waals surface area contributed by atoms with Gasteiger partial charge in [-0.25, -0.2) is 9.97 Å². The van der Waals surface area contributed by atoms with Gasteiger partial charge >= 0.3 is 0 Å². The van der Waals surface area contributed by atoms with Crippen LogP contribution in [0.25, 0.3) is 0 Å². The second kappa shape index (κ2) is 9.54. The highest BCUT2D eigenvalue weighted by Gasteiger charge is 2.33. The van der Waals surface area contributed by atoms with E-state index in [1.807, 2.05) is 6.20 Å². The van der Waals surface area contributed by atoms with Crippen LogP contribution in [-0.4, -0.2) is 62.6 Å². The van der Waals surface area contributed by atoms with Crippen LogP contribution >= 0.6 is 0 Å². The molecule has 0 amide bonds. The van der Waals surface area contributed by atoms with Gasteiger partial charge in [-0.3, -0.25) is 9.48 Å². The predicted molar refractivity (Wildman–Crippen MR) is 129 cm³/mol. The third-order valence-corrected chi connectivity index (χ3v) is 8.24. The molecule has 9 heteroatoms. The molecule has 8 nitrogen and oxygen atoms in total. The number of hydrogen-bond donors (Lipinski definition) is 3. The molecule has 0 radical (unpaired) electrons. The molecule has 33 heavy (non-hydrogen) atoms. The average Bonchev–Trinajstić information content (AvgIpc) is 3.39. The smallest absolute Gasteiger partial charge is 0.218 e. The van der Waals surface area contributed by atoms with E-state index in [1.165, 1.54) is 17.7 Å². The van der Waals surface area contributed by atoms with Crippen molar-refractivity contribution in [3.63, 3.8) is 0 Å². The van der Waals surface area contributed by atoms with Gasteiger partial charge in [0, 0.05) is 31.0 Å². The molecule has 174 valence electrons.